The largest absolute Gasteiger partial charge is 0.382 e. The average molecular weight is 226 g/mol. The maximum Gasteiger partial charge on any atom is 0.147 e. The van der Waals surface area contributed by atoms with Crippen molar-refractivity contribution in [2.75, 3.05) is 23.9 Å². The fourth-order valence-corrected chi connectivity index (χ4v) is 1.45. The smallest absolute Gasteiger partial charge is 0.147 e. The average Bonchev–Trinajstić information content (AvgIpc) is 2.20. The summed E-state index contributed by atoms with van der Waals surface area (Å²) in [6, 6.07) is 6.07. The molecule has 0 radical (unpaired) electrons. The Bertz CT molecular complexity index is 414. The minimum atomic E-state index is -0.889. The zero-order chi connectivity index (χ0) is 11.3. The zero-order valence-electron chi connectivity index (χ0n) is 8.29. The van der Waals surface area contributed by atoms with Crippen LogP contribution in [0.1, 0.15) is 5.56 Å². The highest BCUT2D eigenvalue weighted by Crippen LogP contribution is 2.14. The molecular formula is C10H11FN2OS. The highest BCUT2D eigenvalue weighted by molar-refractivity contribution is 7.84. The van der Waals surface area contributed by atoms with Crippen LogP contribution >= 0.6 is 0 Å². The first-order chi connectivity index (χ1) is 7.13. The van der Waals surface area contributed by atoms with Crippen LogP contribution in [0.15, 0.2) is 18.2 Å². The van der Waals surface area contributed by atoms with Crippen LogP contribution in [0.4, 0.5) is 10.1 Å². The molecule has 80 valence electrons. The molecule has 1 aromatic rings. The lowest BCUT2D eigenvalue weighted by Crippen LogP contribution is -2.10. The van der Waals surface area contributed by atoms with Crippen LogP contribution in [0.25, 0.3) is 0 Å². The van der Waals surface area contributed by atoms with Crippen molar-refractivity contribution >= 4 is 16.5 Å². The van der Waals surface area contributed by atoms with Crippen LogP contribution in [0.3, 0.4) is 0 Å². The van der Waals surface area contributed by atoms with Crippen molar-refractivity contribution in [3.63, 3.8) is 0 Å². The highest BCUT2D eigenvalue weighted by Gasteiger charge is 2.02. The highest BCUT2D eigenvalue weighted by atomic mass is 32.2. The number of nitrogens with one attached hydrogen (secondary N) is 1. The number of rotatable bonds is 4. The molecule has 15 heavy (non-hydrogen) atoms. The van der Waals surface area contributed by atoms with Crippen molar-refractivity contribution in [3.8, 4) is 6.07 Å². The molecule has 0 heterocycles. The van der Waals surface area contributed by atoms with Crippen LogP contribution in [-0.4, -0.2) is 22.8 Å². The second-order valence-corrected chi connectivity index (χ2v) is 4.57. The van der Waals surface area contributed by atoms with Gasteiger partial charge in [-0.05, 0) is 18.2 Å². The summed E-state index contributed by atoms with van der Waals surface area (Å²) in [5.41, 5.74) is 0.622. The van der Waals surface area contributed by atoms with Gasteiger partial charge in [0.1, 0.15) is 5.82 Å². The number of hydrogen-bond acceptors (Lipinski definition) is 3. The van der Waals surface area contributed by atoms with Gasteiger partial charge in [0.15, 0.2) is 0 Å². The predicted molar refractivity (Wildman–Crippen MR) is 58.5 cm³/mol. The van der Waals surface area contributed by atoms with E-state index in [1.54, 1.807) is 6.26 Å². The molecule has 0 saturated heterocycles. The summed E-state index contributed by atoms with van der Waals surface area (Å²) in [7, 11) is -0.889. The van der Waals surface area contributed by atoms with Gasteiger partial charge in [-0.1, -0.05) is 0 Å². The van der Waals surface area contributed by atoms with E-state index in [4.69, 9.17) is 5.26 Å². The summed E-state index contributed by atoms with van der Waals surface area (Å²) < 4.78 is 24.0. The van der Waals surface area contributed by atoms with Crippen LogP contribution in [0, 0.1) is 17.1 Å². The van der Waals surface area contributed by atoms with Crippen LogP contribution in [0.5, 0.6) is 0 Å². The van der Waals surface area contributed by atoms with E-state index in [-0.39, 0.29) is 5.56 Å². The minimum absolute atomic E-state index is 0.289. The molecule has 0 spiro atoms. The van der Waals surface area contributed by atoms with E-state index in [9.17, 15) is 8.60 Å². The Hall–Kier alpha value is -1.41. The summed E-state index contributed by atoms with van der Waals surface area (Å²) in [5.74, 6) is 0.00957. The maximum atomic E-state index is 13.3. The van der Waals surface area contributed by atoms with E-state index in [1.165, 1.54) is 18.2 Å². The fraction of sp³-hybridized carbons (Fsp3) is 0.300. The van der Waals surface area contributed by atoms with Crippen LogP contribution in [0.2, 0.25) is 0 Å². The van der Waals surface area contributed by atoms with Crippen molar-refractivity contribution < 1.29 is 8.60 Å². The van der Waals surface area contributed by atoms with Crippen LogP contribution in [-0.2, 0) is 10.8 Å². The van der Waals surface area contributed by atoms with Crippen molar-refractivity contribution in [1.29, 1.82) is 5.26 Å². The number of nitrogens with zero attached hydrogens (tertiary/aromatic N) is 1. The number of halogens is 1. The van der Waals surface area contributed by atoms with Gasteiger partial charge in [-0.3, -0.25) is 4.21 Å². The summed E-state index contributed by atoms with van der Waals surface area (Å²) >= 11 is 0. The molecule has 0 amide bonds. The van der Waals surface area contributed by atoms with Gasteiger partial charge in [0.25, 0.3) is 0 Å². The quantitative estimate of drug-likeness (QED) is 0.846. The molecule has 0 saturated carbocycles. The monoisotopic (exact) mass is 226 g/mol. The number of nitriles is 1. The Balaban J connectivity index is 2.63. The lowest BCUT2D eigenvalue weighted by Gasteiger charge is -2.06. The van der Waals surface area contributed by atoms with E-state index < -0.39 is 16.6 Å². The van der Waals surface area contributed by atoms with Crippen LogP contribution < -0.4 is 5.32 Å². The molecule has 0 aromatic heterocycles. The van der Waals surface area contributed by atoms with Gasteiger partial charge in [-0.25, -0.2) is 4.39 Å². The molecule has 3 nitrogen and oxygen atoms in total. The van der Waals surface area contributed by atoms with Crippen molar-refractivity contribution in [2.45, 2.75) is 0 Å². The molecule has 0 aliphatic rings. The van der Waals surface area contributed by atoms with E-state index in [0.717, 1.165) is 0 Å². The SMILES string of the molecule is CS(=O)CCNc1ccc(C#N)cc1F. The lowest BCUT2D eigenvalue weighted by atomic mass is 10.2. The summed E-state index contributed by atoms with van der Waals surface area (Å²) in [6.45, 7) is 0.450. The topological polar surface area (TPSA) is 52.9 Å². The van der Waals surface area contributed by atoms with Gasteiger partial charge < -0.3 is 5.32 Å². The molecule has 0 aliphatic heterocycles. The molecular weight excluding hydrogens is 215 g/mol. The molecule has 0 aliphatic carbocycles. The second-order valence-electron chi connectivity index (χ2n) is 3.01. The van der Waals surface area contributed by atoms with Gasteiger partial charge in [-0.2, -0.15) is 5.26 Å². The maximum absolute atomic E-state index is 13.3. The standard InChI is InChI=1S/C10H11FN2OS/c1-15(14)5-4-13-10-3-2-8(7-12)6-9(10)11/h2-3,6,13H,4-5H2,1H3. The van der Waals surface area contributed by atoms with E-state index >= 15 is 0 Å². The predicted octanol–water partition coefficient (Wildman–Crippen LogP) is 1.49. The second kappa shape index (κ2) is 5.47. The first-order valence-electron chi connectivity index (χ1n) is 4.37. The van der Waals surface area contributed by atoms with Gasteiger partial charge >= 0.3 is 0 Å². The van der Waals surface area contributed by atoms with E-state index in [2.05, 4.69) is 5.32 Å². The Kier molecular flexibility index (Phi) is 4.25. The Labute approximate surface area is 90.4 Å². The third-order valence-electron chi connectivity index (χ3n) is 1.80. The first kappa shape index (κ1) is 11.7. The Morgan fingerprint density at radius 1 is 1.60 bits per heavy atom. The molecule has 0 fully saturated rings. The molecule has 1 atom stereocenters. The zero-order valence-corrected chi connectivity index (χ0v) is 9.10. The fourth-order valence-electron chi connectivity index (χ4n) is 1.06. The van der Waals surface area contributed by atoms with Crippen molar-refractivity contribution in [1.82, 2.24) is 0 Å². The minimum Gasteiger partial charge on any atom is -0.382 e. The van der Waals surface area contributed by atoms with Crippen molar-refractivity contribution in [2.24, 2.45) is 0 Å². The molecule has 1 unspecified atom stereocenters. The Morgan fingerprint density at radius 3 is 2.87 bits per heavy atom. The third-order valence-corrected chi connectivity index (χ3v) is 2.58. The molecule has 1 N–H and O–H groups in total. The van der Waals surface area contributed by atoms with E-state index in [0.29, 0.717) is 18.0 Å². The van der Waals surface area contributed by atoms with Gasteiger partial charge in [0.2, 0.25) is 0 Å². The Morgan fingerprint density at radius 2 is 2.33 bits per heavy atom. The normalized spacial score (nSPS) is 11.8. The number of benzene rings is 1. The van der Waals surface area contributed by atoms with Gasteiger partial charge in [0, 0.05) is 29.4 Å². The third kappa shape index (κ3) is 3.68. The van der Waals surface area contributed by atoms with Gasteiger partial charge in [-0.15, -0.1) is 0 Å². The van der Waals surface area contributed by atoms with E-state index in [1.807, 2.05) is 6.07 Å². The summed E-state index contributed by atoms with van der Waals surface area (Å²) in [6.07, 6.45) is 1.59. The number of anilines is 1. The molecule has 1 aromatic carbocycles. The summed E-state index contributed by atoms with van der Waals surface area (Å²) in [5, 5.41) is 11.3. The number of hydrogen-bond donors (Lipinski definition) is 1. The van der Waals surface area contributed by atoms with Crippen molar-refractivity contribution in [3.05, 3.63) is 29.6 Å². The summed E-state index contributed by atoms with van der Waals surface area (Å²) in [4.78, 5) is 0. The van der Waals surface area contributed by atoms with Gasteiger partial charge in [0.05, 0.1) is 17.3 Å². The lowest BCUT2D eigenvalue weighted by molar-refractivity contribution is 0.630. The molecule has 1 rings (SSSR count). The molecule has 0 bridgehead atoms. The molecule has 5 heteroatoms. The first-order valence-corrected chi connectivity index (χ1v) is 6.09.